The van der Waals surface area contributed by atoms with Crippen molar-refractivity contribution in [2.45, 2.75) is 26.8 Å². The van der Waals surface area contributed by atoms with Gasteiger partial charge in [0.05, 0.1) is 12.2 Å². The molecule has 0 unspecified atom stereocenters. The zero-order valence-corrected chi connectivity index (χ0v) is 11.8. The highest BCUT2D eigenvalue weighted by atomic mass is 15.1. The van der Waals surface area contributed by atoms with E-state index in [1.807, 2.05) is 19.1 Å². The molecular formula is C14H20N6. The van der Waals surface area contributed by atoms with E-state index in [0.717, 1.165) is 24.5 Å². The van der Waals surface area contributed by atoms with Crippen LogP contribution in [0.5, 0.6) is 0 Å². The Balaban J connectivity index is 2.10. The van der Waals surface area contributed by atoms with Crippen molar-refractivity contribution in [3.05, 3.63) is 35.7 Å². The van der Waals surface area contributed by atoms with Crippen LogP contribution in [0.3, 0.4) is 0 Å². The fraction of sp³-hybridized carbons (Fsp3) is 0.357. The number of anilines is 3. The van der Waals surface area contributed by atoms with Crippen LogP contribution in [0.2, 0.25) is 0 Å². The summed E-state index contributed by atoms with van der Waals surface area (Å²) in [6, 6.07) is 5.88. The van der Waals surface area contributed by atoms with Gasteiger partial charge in [-0.05, 0) is 25.0 Å². The third-order valence-electron chi connectivity index (χ3n) is 2.90. The Morgan fingerprint density at radius 1 is 1.15 bits per heavy atom. The van der Waals surface area contributed by atoms with Gasteiger partial charge in [0.1, 0.15) is 11.6 Å². The van der Waals surface area contributed by atoms with E-state index in [1.165, 1.54) is 5.56 Å². The number of aromatic nitrogens is 3. The van der Waals surface area contributed by atoms with Gasteiger partial charge in [-0.2, -0.15) is 9.97 Å². The molecule has 0 radical (unpaired) electrons. The van der Waals surface area contributed by atoms with Gasteiger partial charge in [0.2, 0.25) is 5.95 Å². The highest BCUT2D eigenvalue weighted by molar-refractivity contribution is 5.51. The number of aryl methyl sites for hydroxylation is 1. The molecule has 0 aliphatic heterocycles. The van der Waals surface area contributed by atoms with Crippen molar-refractivity contribution in [1.29, 1.82) is 0 Å². The van der Waals surface area contributed by atoms with E-state index in [2.05, 4.69) is 38.6 Å². The first-order chi connectivity index (χ1) is 9.72. The van der Waals surface area contributed by atoms with Crippen molar-refractivity contribution < 1.29 is 0 Å². The van der Waals surface area contributed by atoms with Crippen LogP contribution < -0.4 is 16.4 Å². The van der Waals surface area contributed by atoms with Gasteiger partial charge >= 0.3 is 0 Å². The van der Waals surface area contributed by atoms with Gasteiger partial charge in [0, 0.05) is 18.8 Å². The molecule has 0 bridgehead atoms. The molecule has 0 atom stereocenters. The molecule has 106 valence electrons. The van der Waals surface area contributed by atoms with Crippen molar-refractivity contribution in [2.75, 3.05) is 22.9 Å². The smallest absolute Gasteiger partial charge is 0.223 e. The van der Waals surface area contributed by atoms with Crippen molar-refractivity contribution in [1.82, 2.24) is 15.0 Å². The molecule has 0 saturated carbocycles. The molecule has 2 heterocycles. The first-order valence-corrected chi connectivity index (χ1v) is 6.78. The molecule has 0 aliphatic rings. The number of hydrogen-bond acceptors (Lipinski definition) is 6. The van der Waals surface area contributed by atoms with Crippen LogP contribution in [-0.4, -0.2) is 21.5 Å². The first-order valence-electron chi connectivity index (χ1n) is 6.78. The summed E-state index contributed by atoms with van der Waals surface area (Å²) >= 11 is 0. The molecule has 4 N–H and O–H groups in total. The Morgan fingerprint density at radius 2 is 1.90 bits per heavy atom. The Morgan fingerprint density at radius 3 is 2.60 bits per heavy atom. The number of nitrogens with one attached hydrogen (secondary N) is 2. The standard InChI is InChI=1S/C14H20N6/c1-3-10-6-5-7-17-11(10)9-18-13-8-12(16-4-2)19-14(15)20-13/h5-8H,3-4,9H2,1-2H3,(H4,15,16,18,19,20). The SMILES string of the molecule is CCNc1cc(NCc2ncccc2CC)nc(N)n1. The summed E-state index contributed by atoms with van der Waals surface area (Å²) in [6.07, 6.45) is 2.76. The van der Waals surface area contributed by atoms with Crippen LogP contribution in [0.25, 0.3) is 0 Å². The number of nitrogens with two attached hydrogens (primary N) is 1. The Kier molecular flexibility index (Phi) is 4.70. The molecule has 0 fully saturated rings. The summed E-state index contributed by atoms with van der Waals surface area (Å²) in [7, 11) is 0. The van der Waals surface area contributed by atoms with Gasteiger partial charge in [0.25, 0.3) is 0 Å². The molecule has 0 saturated heterocycles. The number of nitrogen functional groups attached to an aromatic ring is 1. The molecular weight excluding hydrogens is 252 g/mol. The fourth-order valence-corrected chi connectivity index (χ4v) is 1.95. The number of rotatable bonds is 6. The second-order valence-corrected chi connectivity index (χ2v) is 4.34. The van der Waals surface area contributed by atoms with E-state index < -0.39 is 0 Å². The number of nitrogens with zero attached hydrogens (tertiary/aromatic N) is 3. The summed E-state index contributed by atoms with van der Waals surface area (Å²) in [5.41, 5.74) is 7.95. The number of hydrogen-bond donors (Lipinski definition) is 3. The predicted molar refractivity (Wildman–Crippen MR) is 81.5 cm³/mol. The van der Waals surface area contributed by atoms with Crippen LogP contribution >= 0.6 is 0 Å². The van der Waals surface area contributed by atoms with E-state index in [0.29, 0.717) is 12.4 Å². The lowest BCUT2D eigenvalue weighted by Gasteiger charge is -2.10. The molecule has 6 nitrogen and oxygen atoms in total. The van der Waals surface area contributed by atoms with E-state index in [9.17, 15) is 0 Å². The van der Waals surface area contributed by atoms with Gasteiger partial charge in [-0.25, -0.2) is 0 Å². The van der Waals surface area contributed by atoms with E-state index >= 15 is 0 Å². The molecule has 0 aliphatic carbocycles. The van der Waals surface area contributed by atoms with Gasteiger partial charge in [-0.3, -0.25) is 4.98 Å². The van der Waals surface area contributed by atoms with E-state index in [4.69, 9.17) is 5.73 Å². The minimum Gasteiger partial charge on any atom is -0.370 e. The van der Waals surface area contributed by atoms with Crippen LogP contribution in [-0.2, 0) is 13.0 Å². The molecule has 2 aromatic rings. The lowest BCUT2D eigenvalue weighted by atomic mass is 10.1. The molecule has 0 aromatic carbocycles. The van der Waals surface area contributed by atoms with Gasteiger partial charge in [-0.15, -0.1) is 0 Å². The maximum absolute atomic E-state index is 5.70. The summed E-state index contributed by atoms with van der Waals surface area (Å²) < 4.78 is 0. The minimum absolute atomic E-state index is 0.252. The third-order valence-corrected chi connectivity index (χ3v) is 2.90. The van der Waals surface area contributed by atoms with E-state index in [-0.39, 0.29) is 5.95 Å². The number of pyridine rings is 1. The zero-order valence-electron chi connectivity index (χ0n) is 11.8. The molecule has 0 amide bonds. The summed E-state index contributed by atoms with van der Waals surface area (Å²) in [4.78, 5) is 12.7. The van der Waals surface area contributed by atoms with Crippen LogP contribution in [0.15, 0.2) is 24.4 Å². The second-order valence-electron chi connectivity index (χ2n) is 4.34. The predicted octanol–water partition coefficient (Wildman–Crippen LogP) is 2.06. The Labute approximate surface area is 118 Å². The minimum atomic E-state index is 0.252. The van der Waals surface area contributed by atoms with Crippen LogP contribution in [0.1, 0.15) is 25.1 Å². The summed E-state index contributed by atoms with van der Waals surface area (Å²) in [5, 5.41) is 6.36. The highest BCUT2D eigenvalue weighted by Gasteiger charge is 2.04. The summed E-state index contributed by atoms with van der Waals surface area (Å²) in [5.74, 6) is 1.67. The lowest BCUT2D eigenvalue weighted by molar-refractivity contribution is 0.962. The monoisotopic (exact) mass is 272 g/mol. The molecule has 20 heavy (non-hydrogen) atoms. The molecule has 2 rings (SSSR count). The Bertz CT molecular complexity index is 569. The van der Waals surface area contributed by atoms with Crippen molar-refractivity contribution in [2.24, 2.45) is 0 Å². The summed E-state index contributed by atoms with van der Waals surface area (Å²) in [6.45, 7) is 5.53. The fourth-order valence-electron chi connectivity index (χ4n) is 1.95. The molecule has 2 aromatic heterocycles. The average Bonchev–Trinajstić information content (AvgIpc) is 2.45. The van der Waals surface area contributed by atoms with Crippen LogP contribution in [0, 0.1) is 0 Å². The van der Waals surface area contributed by atoms with Crippen LogP contribution in [0.4, 0.5) is 17.6 Å². The van der Waals surface area contributed by atoms with Gasteiger partial charge < -0.3 is 16.4 Å². The highest BCUT2D eigenvalue weighted by Crippen LogP contribution is 2.14. The van der Waals surface area contributed by atoms with Gasteiger partial charge in [0.15, 0.2) is 0 Å². The molecule has 6 heteroatoms. The average molecular weight is 272 g/mol. The molecule has 0 spiro atoms. The van der Waals surface area contributed by atoms with E-state index in [1.54, 1.807) is 6.20 Å². The Hall–Kier alpha value is -2.37. The third kappa shape index (κ3) is 3.57. The lowest BCUT2D eigenvalue weighted by Crippen LogP contribution is -2.09. The zero-order chi connectivity index (χ0) is 14.4. The van der Waals surface area contributed by atoms with Gasteiger partial charge in [-0.1, -0.05) is 13.0 Å². The maximum Gasteiger partial charge on any atom is 0.223 e. The largest absolute Gasteiger partial charge is 0.370 e. The van der Waals surface area contributed by atoms with Crippen molar-refractivity contribution >= 4 is 17.6 Å². The first kappa shape index (κ1) is 14.0. The van der Waals surface area contributed by atoms with Crippen molar-refractivity contribution in [3.8, 4) is 0 Å². The van der Waals surface area contributed by atoms with Crippen molar-refractivity contribution in [3.63, 3.8) is 0 Å². The second kappa shape index (κ2) is 6.70. The topological polar surface area (TPSA) is 88.8 Å². The normalized spacial score (nSPS) is 10.3. The maximum atomic E-state index is 5.70. The quantitative estimate of drug-likeness (QED) is 0.746.